The maximum atomic E-state index is 12.6. The van der Waals surface area contributed by atoms with E-state index in [-0.39, 0.29) is 4.70 Å². The molecular formula is C9H6F3NS. The molecule has 0 unspecified atom stereocenters. The molecule has 2 aromatic rings. The molecule has 5 heteroatoms. The SMILES string of the molecule is Cc1cc(C(F)(F)F)c2scnc2c1. The number of alkyl halides is 3. The number of fused-ring (bicyclic) bond motifs is 1. The molecule has 0 aliphatic carbocycles. The Labute approximate surface area is 82.2 Å². The summed E-state index contributed by atoms with van der Waals surface area (Å²) in [6, 6.07) is 2.81. The Morgan fingerprint density at radius 3 is 2.64 bits per heavy atom. The summed E-state index contributed by atoms with van der Waals surface area (Å²) in [5.41, 5.74) is 1.84. The highest BCUT2D eigenvalue weighted by Crippen LogP contribution is 2.36. The van der Waals surface area contributed by atoms with E-state index in [0.717, 1.165) is 17.4 Å². The highest BCUT2D eigenvalue weighted by Gasteiger charge is 2.33. The lowest BCUT2D eigenvalue weighted by Crippen LogP contribution is -2.05. The van der Waals surface area contributed by atoms with Gasteiger partial charge in [-0.15, -0.1) is 11.3 Å². The summed E-state index contributed by atoms with van der Waals surface area (Å²) in [6.45, 7) is 1.63. The lowest BCUT2D eigenvalue weighted by Gasteiger charge is -2.07. The molecule has 2 rings (SSSR count). The maximum absolute atomic E-state index is 12.6. The molecule has 0 saturated carbocycles. The van der Waals surface area contributed by atoms with Crippen molar-refractivity contribution in [2.75, 3.05) is 0 Å². The van der Waals surface area contributed by atoms with Gasteiger partial charge >= 0.3 is 6.18 Å². The third kappa shape index (κ3) is 1.48. The second kappa shape index (κ2) is 2.95. The molecule has 1 aromatic carbocycles. The van der Waals surface area contributed by atoms with Gasteiger partial charge < -0.3 is 0 Å². The van der Waals surface area contributed by atoms with Crippen LogP contribution in [0, 0.1) is 6.92 Å². The molecule has 1 heterocycles. The van der Waals surface area contributed by atoms with Gasteiger partial charge in [0.2, 0.25) is 0 Å². The average Bonchev–Trinajstić information content (AvgIpc) is 2.47. The van der Waals surface area contributed by atoms with E-state index < -0.39 is 11.7 Å². The van der Waals surface area contributed by atoms with Crippen molar-refractivity contribution in [3.63, 3.8) is 0 Å². The molecular weight excluding hydrogens is 211 g/mol. The first-order chi connectivity index (χ1) is 6.48. The minimum atomic E-state index is -4.29. The van der Waals surface area contributed by atoms with Crippen LogP contribution in [0.1, 0.15) is 11.1 Å². The topological polar surface area (TPSA) is 12.9 Å². The number of hydrogen-bond donors (Lipinski definition) is 0. The average molecular weight is 217 g/mol. The zero-order chi connectivity index (χ0) is 10.3. The predicted octanol–water partition coefficient (Wildman–Crippen LogP) is 3.62. The van der Waals surface area contributed by atoms with E-state index in [1.165, 1.54) is 5.51 Å². The van der Waals surface area contributed by atoms with E-state index in [0.29, 0.717) is 11.1 Å². The molecule has 74 valence electrons. The molecule has 0 fully saturated rings. The van der Waals surface area contributed by atoms with Crippen molar-refractivity contribution in [2.45, 2.75) is 13.1 Å². The van der Waals surface area contributed by atoms with Gasteiger partial charge in [-0.1, -0.05) is 0 Å². The molecule has 0 amide bonds. The summed E-state index contributed by atoms with van der Waals surface area (Å²) in [5.74, 6) is 0. The first kappa shape index (κ1) is 9.45. The monoisotopic (exact) mass is 217 g/mol. The third-order valence-electron chi connectivity index (χ3n) is 1.88. The number of hydrogen-bond acceptors (Lipinski definition) is 2. The molecule has 0 aliphatic heterocycles. The number of aromatic nitrogens is 1. The largest absolute Gasteiger partial charge is 0.417 e. The highest BCUT2D eigenvalue weighted by atomic mass is 32.1. The van der Waals surface area contributed by atoms with Crippen molar-refractivity contribution in [1.29, 1.82) is 0 Å². The molecule has 0 bridgehead atoms. The summed E-state index contributed by atoms with van der Waals surface area (Å²) in [4.78, 5) is 3.87. The van der Waals surface area contributed by atoms with E-state index in [1.54, 1.807) is 13.0 Å². The summed E-state index contributed by atoms with van der Waals surface area (Å²) < 4.78 is 37.9. The van der Waals surface area contributed by atoms with E-state index in [1.807, 2.05) is 0 Å². The number of halogens is 3. The van der Waals surface area contributed by atoms with Crippen molar-refractivity contribution in [1.82, 2.24) is 4.98 Å². The second-order valence-electron chi connectivity index (χ2n) is 3.01. The Balaban J connectivity index is 2.80. The third-order valence-corrected chi connectivity index (χ3v) is 2.76. The van der Waals surface area contributed by atoms with Gasteiger partial charge in [-0.3, -0.25) is 0 Å². The zero-order valence-corrected chi connectivity index (χ0v) is 8.04. The fourth-order valence-corrected chi connectivity index (χ4v) is 2.13. The number of aryl methyl sites for hydroxylation is 1. The maximum Gasteiger partial charge on any atom is 0.417 e. The molecule has 14 heavy (non-hydrogen) atoms. The summed E-state index contributed by atoms with van der Waals surface area (Å²) in [6.07, 6.45) is -4.29. The van der Waals surface area contributed by atoms with Crippen LogP contribution in [0.4, 0.5) is 13.2 Å². The smallest absolute Gasteiger partial charge is 0.245 e. The Morgan fingerprint density at radius 2 is 2.00 bits per heavy atom. The fourth-order valence-electron chi connectivity index (χ4n) is 1.32. The van der Waals surface area contributed by atoms with Gasteiger partial charge in [0.25, 0.3) is 0 Å². The van der Waals surface area contributed by atoms with Crippen LogP contribution < -0.4 is 0 Å². The Bertz CT molecular complexity index is 472. The van der Waals surface area contributed by atoms with Gasteiger partial charge in [0.1, 0.15) is 0 Å². The van der Waals surface area contributed by atoms with E-state index in [2.05, 4.69) is 4.98 Å². The van der Waals surface area contributed by atoms with Crippen molar-refractivity contribution in [3.05, 3.63) is 28.8 Å². The number of thiazole rings is 1. The van der Waals surface area contributed by atoms with Crippen LogP contribution in [0.15, 0.2) is 17.6 Å². The standard InChI is InChI=1S/C9H6F3NS/c1-5-2-6(9(10,11)12)8-7(3-5)13-4-14-8/h2-4H,1H3. The predicted molar refractivity (Wildman–Crippen MR) is 49.4 cm³/mol. The fraction of sp³-hybridized carbons (Fsp3) is 0.222. The molecule has 0 radical (unpaired) electrons. The first-order valence-corrected chi connectivity index (χ1v) is 4.77. The van der Waals surface area contributed by atoms with Crippen LogP contribution in [0.5, 0.6) is 0 Å². The van der Waals surface area contributed by atoms with Crippen LogP contribution in [0.25, 0.3) is 10.2 Å². The quantitative estimate of drug-likeness (QED) is 0.656. The minimum Gasteiger partial charge on any atom is -0.245 e. The molecule has 0 aliphatic rings. The second-order valence-corrected chi connectivity index (χ2v) is 3.87. The van der Waals surface area contributed by atoms with E-state index >= 15 is 0 Å². The van der Waals surface area contributed by atoms with Crippen molar-refractivity contribution >= 4 is 21.6 Å². The summed E-state index contributed by atoms with van der Waals surface area (Å²) >= 11 is 1.02. The van der Waals surface area contributed by atoms with Gasteiger partial charge in [-0.05, 0) is 24.6 Å². The normalized spacial score (nSPS) is 12.3. The molecule has 0 spiro atoms. The first-order valence-electron chi connectivity index (χ1n) is 3.89. The van der Waals surface area contributed by atoms with Crippen molar-refractivity contribution in [2.24, 2.45) is 0 Å². The van der Waals surface area contributed by atoms with Crippen LogP contribution >= 0.6 is 11.3 Å². The lowest BCUT2D eigenvalue weighted by atomic mass is 10.1. The van der Waals surface area contributed by atoms with E-state index in [9.17, 15) is 13.2 Å². The number of rotatable bonds is 0. The van der Waals surface area contributed by atoms with Gasteiger partial charge in [-0.25, -0.2) is 4.98 Å². The van der Waals surface area contributed by atoms with Gasteiger partial charge in [0.05, 0.1) is 21.3 Å². The van der Waals surface area contributed by atoms with Crippen molar-refractivity contribution < 1.29 is 13.2 Å². The number of benzene rings is 1. The lowest BCUT2D eigenvalue weighted by molar-refractivity contribution is -0.136. The molecule has 1 nitrogen and oxygen atoms in total. The molecule has 1 aromatic heterocycles. The number of nitrogens with zero attached hydrogens (tertiary/aromatic N) is 1. The molecule has 0 saturated heterocycles. The zero-order valence-electron chi connectivity index (χ0n) is 7.22. The summed E-state index contributed by atoms with van der Waals surface area (Å²) in [5, 5.41) is 0. The van der Waals surface area contributed by atoms with Gasteiger partial charge in [0.15, 0.2) is 0 Å². The Hall–Kier alpha value is -1.10. The highest BCUT2D eigenvalue weighted by molar-refractivity contribution is 7.17. The summed E-state index contributed by atoms with van der Waals surface area (Å²) in [7, 11) is 0. The van der Waals surface area contributed by atoms with Crippen LogP contribution in [0.3, 0.4) is 0 Å². The van der Waals surface area contributed by atoms with Crippen LogP contribution in [-0.4, -0.2) is 4.98 Å². The molecule has 0 atom stereocenters. The van der Waals surface area contributed by atoms with E-state index in [4.69, 9.17) is 0 Å². The van der Waals surface area contributed by atoms with Crippen LogP contribution in [0.2, 0.25) is 0 Å². The van der Waals surface area contributed by atoms with Crippen LogP contribution in [-0.2, 0) is 6.18 Å². The molecule has 0 N–H and O–H groups in total. The van der Waals surface area contributed by atoms with Gasteiger partial charge in [0, 0.05) is 0 Å². The van der Waals surface area contributed by atoms with Gasteiger partial charge in [-0.2, -0.15) is 13.2 Å². The minimum absolute atomic E-state index is 0.211. The Morgan fingerprint density at radius 1 is 1.29 bits per heavy atom. The Kier molecular flexibility index (Phi) is 1.99. The van der Waals surface area contributed by atoms with Crippen molar-refractivity contribution in [3.8, 4) is 0 Å².